The first-order valence-corrected chi connectivity index (χ1v) is 7.29. The Balaban J connectivity index is 2.02. The van der Waals surface area contributed by atoms with E-state index >= 15 is 0 Å². The molecule has 0 saturated carbocycles. The van der Waals surface area contributed by atoms with Crippen LogP contribution in [0.5, 0.6) is 0 Å². The van der Waals surface area contributed by atoms with Crippen LogP contribution in [0.15, 0.2) is 22.7 Å². The predicted octanol–water partition coefficient (Wildman–Crippen LogP) is 3.29. The molecule has 2 atom stereocenters. The third-order valence-electron chi connectivity index (χ3n) is 3.39. The Morgan fingerprint density at radius 3 is 2.70 bits per heavy atom. The molecule has 1 heterocycles. The lowest BCUT2D eigenvalue weighted by Crippen LogP contribution is -2.33. The highest BCUT2D eigenvalue weighted by molar-refractivity contribution is 9.10. The Kier molecular flexibility index (Phi) is 4.55. The number of amides is 2. The lowest BCUT2D eigenvalue weighted by Gasteiger charge is -2.17. The van der Waals surface area contributed by atoms with Crippen molar-refractivity contribution in [2.45, 2.75) is 6.92 Å². The number of hydrogen-bond acceptors (Lipinski definition) is 2. The van der Waals surface area contributed by atoms with Crippen molar-refractivity contribution < 1.29 is 14.7 Å². The first kappa shape index (κ1) is 15.1. The lowest BCUT2D eigenvalue weighted by molar-refractivity contribution is -0.142. The smallest absolute Gasteiger partial charge is 0.321 e. The minimum absolute atomic E-state index is 0.0493. The van der Waals surface area contributed by atoms with Crippen LogP contribution < -0.4 is 5.32 Å². The summed E-state index contributed by atoms with van der Waals surface area (Å²) in [7, 11) is 0. The van der Waals surface area contributed by atoms with Crippen LogP contribution in [0.2, 0.25) is 5.02 Å². The molecule has 1 saturated heterocycles. The Morgan fingerprint density at radius 2 is 2.15 bits per heavy atom. The average molecular weight is 362 g/mol. The highest BCUT2D eigenvalue weighted by atomic mass is 79.9. The summed E-state index contributed by atoms with van der Waals surface area (Å²) in [5, 5.41) is 12.3. The third-order valence-corrected chi connectivity index (χ3v) is 4.62. The van der Waals surface area contributed by atoms with E-state index in [1.54, 1.807) is 18.2 Å². The van der Waals surface area contributed by atoms with Gasteiger partial charge in [-0.2, -0.15) is 0 Å². The number of nitrogens with one attached hydrogen (secondary N) is 1. The second-order valence-electron chi connectivity index (χ2n) is 4.89. The molecule has 20 heavy (non-hydrogen) atoms. The number of urea groups is 1. The first-order chi connectivity index (χ1) is 9.38. The topological polar surface area (TPSA) is 69.6 Å². The van der Waals surface area contributed by atoms with Gasteiger partial charge in [-0.3, -0.25) is 4.79 Å². The molecule has 2 amide bonds. The van der Waals surface area contributed by atoms with E-state index < -0.39 is 11.9 Å². The minimum atomic E-state index is -0.862. The van der Waals surface area contributed by atoms with Crippen LogP contribution >= 0.6 is 27.5 Å². The highest BCUT2D eigenvalue weighted by Gasteiger charge is 2.36. The minimum Gasteiger partial charge on any atom is -0.481 e. The number of likely N-dealkylation sites (tertiary alicyclic amines) is 1. The van der Waals surface area contributed by atoms with Gasteiger partial charge in [-0.05, 0) is 40.0 Å². The maximum atomic E-state index is 12.1. The zero-order chi connectivity index (χ0) is 14.9. The number of rotatable bonds is 2. The Bertz CT molecular complexity index is 552. The number of halogens is 2. The molecule has 0 aliphatic carbocycles. The van der Waals surface area contributed by atoms with E-state index in [2.05, 4.69) is 21.2 Å². The van der Waals surface area contributed by atoms with E-state index in [0.717, 1.165) is 4.47 Å². The fourth-order valence-electron chi connectivity index (χ4n) is 2.23. The molecule has 2 rings (SSSR count). The molecule has 1 aliphatic heterocycles. The van der Waals surface area contributed by atoms with Crippen molar-refractivity contribution in [3.8, 4) is 0 Å². The van der Waals surface area contributed by atoms with Crippen molar-refractivity contribution in [2.24, 2.45) is 11.8 Å². The zero-order valence-electron chi connectivity index (χ0n) is 10.8. The van der Waals surface area contributed by atoms with Crippen molar-refractivity contribution in [2.75, 3.05) is 18.4 Å². The number of benzene rings is 1. The normalized spacial score (nSPS) is 21.9. The highest BCUT2D eigenvalue weighted by Crippen LogP contribution is 2.27. The zero-order valence-corrected chi connectivity index (χ0v) is 13.1. The van der Waals surface area contributed by atoms with Gasteiger partial charge < -0.3 is 15.3 Å². The number of carbonyl (C=O) groups excluding carboxylic acids is 1. The van der Waals surface area contributed by atoms with Gasteiger partial charge in [0.05, 0.1) is 10.9 Å². The van der Waals surface area contributed by atoms with Gasteiger partial charge in [0.1, 0.15) is 0 Å². The van der Waals surface area contributed by atoms with E-state index in [1.807, 2.05) is 6.92 Å². The quantitative estimate of drug-likeness (QED) is 0.849. The monoisotopic (exact) mass is 360 g/mol. The maximum Gasteiger partial charge on any atom is 0.321 e. The van der Waals surface area contributed by atoms with Crippen LogP contribution in [-0.2, 0) is 4.79 Å². The molecular weight excluding hydrogens is 348 g/mol. The standard InChI is InChI=1S/C13H14BrClN2O3/c1-7-5-17(6-9(7)12(18)19)13(20)16-8-2-3-10(14)11(15)4-8/h2-4,7,9H,5-6H2,1H3,(H,16,20)(H,18,19). The second-order valence-corrected chi connectivity index (χ2v) is 6.15. The van der Waals surface area contributed by atoms with Crippen molar-refractivity contribution in [1.29, 1.82) is 0 Å². The Morgan fingerprint density at radius 1 is 1.45 bits per heavy atom. The molecule has 1 fully saturated rings. The molecule has 2 N–H and O–H groups in total. The summed E-state index contributed by atoms with van der Waals surface area (Å²) in [5.74, 6) is -1.42. The van der Waals surface area contributed by atoms with E-state index in [-0.39, 0.29) is 18.5 Å². The van der Waals surface area contributed by atoms with Gasteiger partial charge in [0.2, 0.25) is 0 Å². The molecule has 0 radical (unpaired) electrons. The third kappa shape index (κ3) is 3.24. The number of nitrogens with zero attached hydrogens (tertiary/aromatic N) is 1. The Hall–Kier alpha value is -1.27. The summed E-state index contributed by atoms with van der Waals surface area (Å²) >= 11 is 9.23. The molecule has 0 spiro atoms. The number of carbonyl (C=O) groups is 2. The molecule has 7 heteroatoms. The molecule has 2 unspecified atom stereocenters. The van der Waals surface area contributed by atoms with Crippen molar-refractivity contribution >= 4 is 45.2 Å². The van der Waals surface area contributed by atoms with Gasteiger partial charge in [-0.15, -0.1) is 0 Å². The average Bonchev–Trinajstić information content (AvgIpc) is 2.76. The Labute approximate surface area is 130 Å². The summed E-state index contributed by atoms with van der Waals surface area (Å²) in [6.07, 6.45) is 0. The van der Waals surface area contributed by atoms with Crippen molar-refractivity contribution in [3.05, 3.63) is 27.7 Å². The van der Waals surface area contributed by atoms with Crippen molar-refractivity contribution in [3.63, 3.8) is 0 Å². The SMILES string of the molecule is CC1CN(C(=O)Nc2ccc(Br)c(Cl)c2)CC1C(=O)O. The summed E-state index contributed by atoms with van der Waals surface area (Å²) in [6.45, 7) is 2.50. The summed E-state index contributed by atoms with van der Waals surface area (Å²) in [4.78, 5) is 24.6. The van der Waals surface area contributed by atoms with Gasteiger partial charge in [-0.25, -0.2) is 4.79 Å². The van der Waals surface area contributed by atoms with E-state index in [4.69, 9.17) is 16.7 Å². The molecule has 1 aliphatic rings. The predicted molar refractivity (Wildman–Crippen MR) is 80.0 cm³/mol. The van der Waals surface area contributed by atoms with Gasteiger partial charge in [0.15, 0.2) is 0 Å². The largest absolute Gasteiger partial charge is 0.481 e. The molecule has 5 nitrogen and oxygen atoms in total. The second kappa shape index (κ2) is 6.01. The number of hydrogen-bond donors (Lipinski definition) is 2. The molecule has 1 aromatic rings. The van der Waals surface area contributed by atoms with E-state index in [9.17, 15) is 9.59 Å². The van der Waals surface area contributed by atoms with Crippen LogP contribution in [0.4, 0.5) is 10.5 Å². The van der Waals surface area contributed by atoms with Crippen molar-refractivity contribution in [1.82, 2.24) is 4.90 Å². The van der Waals surface area contributed by atoms with Crippen LogP contribution in [0, 0.1) is 11.8 Å². The number of carboxylic acid groups (broad SMARTS) is 1. The summed E-state index contributed by atoms with van der Waals surface area (Å²) in [6, 6.07) is 4.80. The summed E-state index contributed by atoms with van der Waals surface area (Å²) in [5.41, 5.74) is 0.578. The van der Waals surface area contributed by atoms with E-state index in [0.29, 0.717) is 17.3 Å². The van der Waals surface area contributed by atoms with Crippen LogP contribution in [-0.4, -0.2) is 35.1 Å². The number of carboxylic acids is 1. The number of anilines is 1. The molecule has 108 valence electrons. The van der Waals surface area contributed by atoms with Crippen LogP contribution in [0.25, 0.3) is 0 Å². The van der Waals surface area contributed by atoms with Crippen LogP contribution in [0.3, 0.4) is 0 Å². The molecule has 0 bridgehead atoms. The lowest BCUT2D eigenvalue weighted by atomic mass is 9.99. The van der Waals surface area contributed by atoms with Crippen LogP contribution in [0.1, 0.15) is 6.92 Å². The molecule has 1 aromatic carbocycles. The van der Waals surface area contributed by atoms with Gasteiger partial charge in [0, 0.05) is 23.2 Å². The van der Waals surface area contributed by atoms with Gasteiger partial charge in [0.25, 0.3) is 0 Å². The first-order valence-electron chi connectivity index (χ1n) is 6.12. The number of aliphatic carboxylic acids is 1. The fourth-order valence-corrected chi connectivity index (χ4v) is 2.66. The van der Waals surface area contributed by atoms with Gasteiger partial charge in [-0.1, -0.05) is 18.5 Å². The van der Waals surface area contributed by atoms with Gasteiger partial charge >= 0.3 is 12.0 Å². The van der Waals surface area contributed by atoms with E-state index in [1.165, 1.54) is 4.90 Å². The maximum absolute atomic E-state index is 12.1. The fraction of sp³-hybridized carbons (Fsp3) is 0.385. The molecular formula is C13H14BrClN2O3. The molecule has 0 aromatic heterocycles. The summed E-state index contributed by atoms with van der Waals surface area (Å²) < 4.78 is 0.748.